The summed E-state index contributed by atoms with van der Waals surface area (Å²) < 4.78 is 48.3. The van der Waals surface area contributed by atoms with Gasteiger partial charge in [-0.05, 0) is 50.5 Å². The molecule has 0 bridgehead atoms. The third-order valence-electron chi connectivity index (χ3n) is 6.93. The summed E-state index contributed by atoms with van der Waals surface area (Å²) in [4.78, 5) is 33.7. The second-order valence-corrected chi connectivity index (χ2v) is 9.79. The molecule has 2 aliphatic heterocycles. The molecule has 0 saturated carbocycles. The van der Waals surface area contributed by atoms with Gasteiger partial charge in [-0.1, -0.05) is 17.7 Å². The molecule has 1 spiro atoms. The first-order valence-corrected chi connectivity index (χ1v) is 11.7. The van der Waals surface area contributed by atoms with Crippen LogP contribution in [0.15, 0.2) is 29.1 Å². The molecule has 1 saturated heterocycles. The van der Waals surface area contributed by atoms with Gasteiger partial charge in [0.25, 0.3) is 5.56 Å². The van der Waals surface area contributed by atoms with E-state index in [-0.39, 0.29) is 46.3 Å². The predicted octanol–water partition coefficient (Wildman–Crippen LogP) is 4.79. The smallest absolute Gasteiger partial charge is 0.409 e. The highest BCUT2D eigenvalue weighted by atomic mass is 35.5. The molecule has 8 nitrogen and oxygen atoms in total. The summed E-state index contributed by atoms with van der Waals surface area (Å²) in [6.07, 6.45) is -4.57. The highest BCUT2D eigenvalue weighted by Crippen LogP contribution is 2.50. The van der Waals surface area contributed by atoms with Crippen molar-refractivity contribution in [2.45, 2.75) is 50.4 Å². The van der Waals surface area contributed by atoms with E-state index in [0.29, 0.717) is 24.2 Å². The zero-order valence-corrected chi connectivity index (χ0v) is 20.1. The van der Waals surface area contributed by atoms with Crippen molar-refractivity contribution < 1.29 is 27.8 Å². The third kappa shape index (κ3) is 3.90. The van der Waals surface area contributed by atoms with E-state index in [1.54, 1.807) is 19.9 Å². The molecule has 0 unspecified atom stereocenters. The van der Waals surface area contributed by atoms with Crippen molar-refractivity contribution >= 4 is 34.2 Å². The number of hydrogen-bond donors (Lipinski definition) is 2. The molecule has 36 heavy (non-hydrogen) atoms. The van der Waals surface area contributed by atoms with Crippen LogP contribution in [-0.4, -0.2) is 45.0 Å². The van der Waals surface area contributed by atoms with Crippen LogP contribution in [-0.2, 0) is 10.2 Å². The molecule has 1 fully saturated rings. The van der Waals surface area contributed by atoms with Crippen LogP contribution >= 0.6 is 11.6 Å². The first kappa shape index (κ1) is 24.5. The molecule has 2 N–H and O–H groups in total. The van der Waals surface area contributed by atoms with E-state index in [0.717, 1.165) is 4.57 Å². The van der Waals surface area contributed by atoms with Crippen molar-refractivity contribution in [3.8, 4) is 0 Å². The summed E-state index contributed by atoms with van der Waals surface area (Å²) in [5.74, 6) is -1.20. The maximum atomic E-state index is 14.0. The van der Waals surface area contributed by atoms with Gasteiger partial charge < -0.3 is 15.2 Å². The molecule has 2 aromatic heterocycles. The lowest BCUT2D eigenvalue weighted by Crippen LogP contribution is -2.33. The third-order valence-corrected chi connectivity index (χ3v) is 7.14. The van der Waals surface area contributed by atoms with Gasteiger partial charge in [-0.3, -0.25) is 9.36 Å². The Morgan fingerprint density at radius 2 is 2.08 bits per heavy atom. The molecule has 1 aromatic carbocycles. The van der Waals surface area contributed by atoms with Gasteiger partial charge in [-0.15, -0.1) is 0 Å². The van der Waals surface area contributed by atoms with Crippen LogP contribution in [0, 0.1) is 6.92 Å². The summed E-state index contributed by atoms with van der Waals surface area (Å²) in [6, 6.07) is 3.68. The first-order chi connectivity index (χ1) is 16.9. The van der Waals surface area contributed by atoms with E-state index < -0.39 is 35.2 Å². The summed E-state index contributed by atoms with van der Waals surface area (Å²) >= 11 is 5.85. The van der Waals surface area contributed by atoms with Gasteiger partial charge in [-0.2, -0.15) is 13.2 Å². The average molecular weight is 523 g/mol. The Morgan fingerprint density at radius 3 is 2.72 bits per heavy atom. The highest BCUT2D eigenvalue weighted by molar-refractivity contribution is 6.29. The maximum absolute atomic E-state index is 14.0. The van der Waals surface area contributed by atoms with Crippen molar-refractivity contribution in [3.63, 3.8) is 0 Å². The number of carbonyl (C=O) groups is 1. The number of halogens is 4. The lowest BCUT2D eigenvalue weighted by atomic mass is 9.83. The van der Waals surface area contributed by atoms with Crippen LogP contribution in [0.3, 0.4) is 0 Å². The molecule has 4 heterocycles. The number of aromatic nitrogens is 3. The van der Waals surface area contributed by atoms with Gasteiger partial charge in [0.2, 0.25) is 0 Å². The van der Waals surface area contributed by atoms with Crippen LogP contribution < -0.4 is 10.9 Å². The summed E-state index contributed by atoms with van der Waals surface area (Å²) in [7, 11) is 0. The molecule has 0 aliphatic carbocycles. The predicted molar refractivity (Wildman–Crippen MR) is 126 cm³/mol. The zero-order chi connectivity index (χ0) is 26.0. The Morgan fingerprint density at radius 1 is 1.33 bits per heavy atom. The van der Waals surface area contributed by atoms with Crippen LogP contribution in [0.25, 0.3) is 10.9 Å². The molecule has 5 rings (SSSR count). The zero-order valence-electron chi connectivity index (χ0n) is 19.3. The van der Waals surface area contributed by atoms with Crippen molar-refractivity contribution in [1.82, 2.24) is 14.5 Å². The lowest BCUT2D eigenvalue weighted by Gasteiger charge is -2.22. The number of anilines is 1. The summed E-state index contributed by atoms with van der Waals surface area (Å²) in [5.41, 5.74) is -0.370. The number of aryl methyl sites for hydroxylation is 1. The number of fused-ring (bicyclic) bond motifs is 3. The maximum Gasteiger partial charge on any atom is 0.409 e. The van der Waals surface area contributed by atoms with E-state index in [9.17, 15) is 27.9 Å². The molecule has 3 aromatic rings. The Labute approximate surface area is 208 Å². The van der Waals surface area contributed by atoms with E-state index in [1.165, 1.54) is 18.2 Å². The van der Waals surface area contributed by atoms with Gasteiger partial charge in [0.15, 0.2) is 5.69 Å². The number of pyridine rings is 1. The van der Waals surface area contributed by atoms with Crippen LogP contribution in [0.4, 0.5) is 18.9 Å². The highest BCUT2D eigenvalue weighted by Gasteiger charge is 2.57. The Hall–Kier alpha value is -3.18. The fraction of sp³-hybridized carbons (Fsp3) is 0.417. The number of carboxylic acids is 1. The van der Waals surface area contributed by atoms with Crippen molar-refractivity contribution in [2.24, 2.45) is 0 Å². The Kier molecular flexibility index (Phi) is 5.75. The fourth-order valence-electron chi connectivity index (χ4n) is 5.26. The number of alkyl halides is 3. The van der Waals surface area contributed by atoms with Crippen LogP contribution in [0.5, 0.6) is 0 Å². The van der Waals surface area contributed by atoms with Gasteiger partial charge in [0.1, 0.15) is 17.0 Å². The minimum absolute atomic E-state index is 0.0140. The molecule has 190 valence electrons. The SMILES string of the molecule is Cc1cc([C@@H](C)Nc2ccc(Cl)nc2C(=O)O)c2nc3n(c(=O)c2c1)[C@@H](C(F)(F)F)C[C@@]31CCOC1. The number of aromatic carboxylic acids is 1. The Balaban J connectivity index is 1.69. The second kappa shape index (κ2) is 8.45. The van der Waals surface area contributed by atoms with E-state index in [2.05, 4.69) is 15.3 Å². The number of benzene rings is 1. The van der Waals surface area contributed by atoms with Gasteiger partial charge in [0, 0.05) is 12.2 Å². The van der Waals surface area contributed by atoms with Gasteiger partial charge in [0.05, 0.1) is 34.7 Å². The van der Waals surface area contributed by atoms with E-state index in [1.807, 2.05) is 0 Å². The number of nitrogens with one attached hydrogen (secondary N) is 1. The summed E-state index contributed by atoms with van der Waals surface area (Å²) in [6.45, 7) is 3.82. The summed E-state index contributed by atoms with van der Waals surface area (Å²) in [5, 5.41) is 12.7. The van der Waals surface area contributed by atoms with Crippen molar-refractivity contribution in [2.75, 3.05) is 18.5 Å². The lowest BCUT2D eigenvalue weighted by molar-refractivity contribution is -0.168. The van der Waals surface area contributed by atoms with E-state index >= 15 is 0 Å². The fourth-order valence-corrected chi connectivity index (χ4v) is 5.41. The van der Waals surface area contributed by atoms with Crippen LogP contribution in [0.1, 0.15) is 59.3 Å². The minimum Gasteiger partial charge on any atom is -0.476 e. The largest absolute Gasteiger partial charge is 0.476 e. The Bertz CT molecular complexity index is 1450. The van der Waals surface area contributed by atoms with Crippen LogP contribution in [0.2, 0.25) is 5.15 Å². The standard InChI is InChI=1S/C24H22ClF3N4O4/c1-11-7-13(12(2)29-15-3-4-17(25)30-19(15)21(34)35)18-14(8-11)20(33)32-16(24(26,27)28)9-23(22(32)31-18)5-6-36-10-23/h3-4,7-8,12,16,29H,5-6,9-10H2,1-2H3,(H,34,35)/t12-,16-,23-/m1/s1. The topological polar surface area (TPSA) is 106 Å². The second-order valence-electron chi connectivity index (χ2n) is 9.41. The number of carboxylic acid groups (broad SMARTS) is 1. The normalized spacial score (nSPS) is 22.2. The molecule has 0 amide bonds. The number of rotatable bonds is 4. The monoisotopic (exact) mass is 522 g/mol. The average Bonchev–Trinajstić information content (AvgIpc) is 3.40. The molecular formula is C24H22ClF3N4O4. The number of ether oxygens (including phenoxy) is 1. The molecule has 3 atom stereocenters. The molecule has 0 radical (unpaired) electrons. The van der Waals surface area contributed by atoms with Crippen molar-refractivity contribution in [1.29, 1.82) is 0 Å². The minimum atomic E-state index is -4.61. The first-order valence-electron chi connectivity index (χ1n) is 11.3. The van der Waals surface area contributed by atoms with E-state index in [4.69, 9.17) is 16.3 Å². The number of nitrogens with zero attached hydrogens (tertiary/aromatic N) is 3. The van der Waals surface area contributed by atoms with Gasteiger partial charge >= 0.3 is 12.1 Å². The van der Waals surface area contributed by atoms with Crippen molar-refractivity contribution in [3.05, 3.63) is 62.4 Å². The quantitative estimate of drug-likeness (QED) is 0.474. The van der Waals surface area contributed by atoms with Gasteiger partial charge in [-0.25, -0.2) is 14.8 Å². The molecule has 2 aliphatic rings. The number of hydrogen-bond acceptors (Lipinski definition) is 6. The molecular weight excluding hydrogens is 501 g/mol. The molecule has 12 heteroatoms.